The van der Waals surface area contributed by atoms with E-state index in [1.165, 1.54) is 25.6 Å². The van der Waals surface area contributed by atoms with Crippen LogP contribution < -0.4 is 15.4 Å². The Hall–Kier alpha value is -2.60. The van der Waals surface area contributed by atoms with Crippen molar-refractivity contribution >= 4 is 29.1 Å². The SMILES string of the molecule is CCCCNC(=O)c1cncc(C(=O)Nc2cc(Cl)ccc2OC)c1. The van der Waals surface area contributed by atoms with Gasteiger partial charge in [-0.3, -0.25) is 14.6 Å². The minimum atomic E-state index is -0.406. The molecule has 6 nitrogen and oxygen atoms in total. The second-order valence-electron chi connectivity index (χ2n) is 5.37. The second kappa shape index (κ2) is 9.03. The Balaban J connectivity index is 2.13. The zero-order valence-corrected chi connectivity index (χ0v) is 14.9. The first-order valence-corrected chi connectivity index (χ1v) is 8.31. The van der Waals surface area contributed by atoms with Gasteiger partial charge in [0.05, 0.1) is 23.9 Å². The summed E-state index contributed by atoms with van der Waals surface area (Å²) in [5.41, 5.74) is 1.05. The third kappa shape index (κ3) is 5.19. The second-order valence-corrected chi connectivity index (χ2v) is 5.81. The lowest BCUT2D eigenvalue weighted by atomic mass is 10.1. The highest BCUT2D eigenvalue weighted by Gasteiger charge is 2.13. The number of unbranched alkanes of at least 4 members (excludes halogenated alkanes) is 1. The highest BCUT2D eigenvalue weighted by molar-refractivity contribution is 6.31. The van der Waals surface area contributed by atoms with E-state index in [1.54, 1.807) is 18.2 Å². The summed E-state index contributed by atoms with van der Waals surface area (Å²) in [6.45, 7) is 2.63. The molecule has 0 saturated carbocycles. The van der Waals surface area contributed by atoms with Gasteiger partial charge in [0.25, 0.3) is 11.8 Å². The lowest BCUT2D eigenvalue weighted by molar-refractivity contribution is 0.0953. The first-order chi connectivity index (χ1) is 12.0. The fourth-order valence-electron chi connectivity index (χ4n) is 2.14. The van der Waals surface area contributed by atoms with Crippen molar-refractivity contribution in [3.8, 4) is 5.75 Å². The molecule has 2 rings (SSSR count). The zero-order chi connectivity index (χ0) is 18.2. The Morgan fingerprint density at radius 2 is 1.88 bits per heavy atom. The molecular formula is C18H20ClN3O3. The Labute approximate surface area is 151 Å². The molecule has 1 heterocycles. The summed E-state index contributed by atoms with van der Waals surface area (Å²) in [4.78, 5) is 28.5. The van der Waals surface area contributed by atoms with Crippen LogP contribution in [-0.4, -0.2) is 30.5 Å². The molecule has 0 aliphatic rings. The molecule has 0 bridgehead atoms. The summed E-state index contributed by atoms with van der Waals surface area (Å²) in [6, 6.07) is 6.42. The molecule has 2 N–H and O–H groups in total. The summed E-state index contributed by atoms with van der Waals surface area (Å²) in [5, 5.41) is 5.98. The maximum absolute atomic E-state index is 12.4. The van der Waals surface area contributed by atoms with Crippen LogP contribution in [0.1, 0.15) is 40.5 Å². The van der Waals surface area contributed by atoms with E-state index in [-0.39, 0.29) is 11.5 Å². The van der Waals surface area contributed by atoms with E-state index in [4.69, 9.17) is 16.3 Å². The normalized spacial score (nSPS) is 10.2. The molecule has 0 unspecified atom stereocenters. The number of methoxy groups -OCH3 is 1. The van der Waals surface area contributed by atoms with Crippen molar-refractivity contribution in [2.75, 3.05) is 19.0 Å². The molecule has 25 heavy (non-hydrogen) atoms. The van der Waals surface area contributed by atoms with Gasteiger partial charge < -0.3 is 15.4 Å². The number of nitrogens with one attached hydrogen (secondary N) is 2. The Morgan fingerprint density at radius 1 is 1.16 bits per heavy atom. The minimum Gasteiger partial charge on any atom is -0.495 e. The van der Waals surface area contributed by atoms with Crippen LogP contribution >= 0.6 is 11.6 Å². The topological polar surface area (TPSA) is 80.3 Å². The number of hydrogen-bond donors (Lipinski definition) is 2. The Bertz CT molecular complexity index is 765. The molecule has 0 spiro atoms. The molecular weight excluding hydrogens is 342 g/mol. The van der Waals surface area contributed by atoms with E-state index in [1.807, 2.05) is 6.92 Å². The third-order valence-corrected chi connectivity index (χ3v) is 3.72. The van der Waals surface area contributed by atoms with Crippen LogP contribution in [-0.2, 0) is 0 Å². The van der Waals surface area contributed by atoms with Crippen LogP contribution in [0.4, 0.5) is 5.69 Å². The number of rotatable bonds is 7. The van der Waals surface area contributed by atoms with Gasteiger partial charge in [-0.05, 0) is 30.7 Å². The van der Waals surface area contributed by atoms with Crippen LogP contribution in [0, 0.1) is 0 Å². The van der Waals surface area contributed by atoms with Crippen LogP contribution in [0.2, 0.25) is 5.02 Å². The molecule has 0 aliphatic heterocycles. The number of pyridine rings is 1. The largest absolute Gasteiger partial charge is 0.495 e. The van der Waals surface area contributed by atoms with Crippen molar-refractivity contribution in [1.29, 1.82) is 0 Å². The number of benzene rings is 1. The number of nitrogens with zero attached hydrogens (tertiary/aromatic N) is 1. The quantitative estimate of drug-likeness (QED) is 0.739. The van der Waals surface area contributed by atoms with Gasteiger partial charge in [-0.25, -0.2) is 0 Å². The van der Waals surface area contributed by atoms with Gasteiger partial charge in [0.15, 0.2) is 0 Å². The molecule has 2 aromatic rings. The maximum atomic E-state index is 12.4. The molecule has 2 amide bonds. The lowest BCUT2D eigenvalue weighted by Gasteiger charge is -2.11. The van der Waals surface area contributed by atoms with E-state index >= 15 is 0 Å². The predicted molar refractivity (Wildman–Crippen MR) is 97.4 cm³/mol. The highest BCUT2D eigenvalue weighted by atomic mass is 35.5. The Kier molecular flexibility index (Phi) is 6.77. The molecule has 0 fully saturated rings. The summed E-state index contributed by atoms with van der Waals surface area (Å²) in [5.74, 6) is -0.175. The van der Waals surface area contributed by atoms with Crippen molar-refractivity contribution in [2.45, 2.75) is 19.8 Å². The number of ether oxygens (including phenoxy) is 1. The van der Waals surface area contributed by atoms with Gasteiger partial charge >= 0.3 is 0 Å². The molecule has 0 atom stereocenters. The van der Waals surface area contributed by atoms with E-state index in [0.29, 0.717) is 28.6 Å². The number of halogens is 1. The summed E-state index contributed by atoms with van der Waals surface area (Å²) >= 11 is 5.96. The molecule has 0 radical (unpaired) electrons. The van der Waals surface area contributed by atoms with Gasteiger partial charge in [0, 0.05) is 24.0 Å². The summed E-state index contributed by atoms with van der Waals surface area (Å²) < 4.78 is 5.20. The van der Waals surface area contributed by atoms with E-state index in [2.05, 4.69) is 15.6 Å². The molecule has 7 heteroatoms. The van der Waals surface area contributed by atoms with Crippen molar-refractivity contribution < 1.29 is 14.3 Å². The highest BCUT2D eigenvalue weighted by Crippen LogP contribution is 2.28. The van der Waals surface area contributed by atoms with E-state index in [9.17, 15) is 9.59 Å². The van der Waals surface area contributed by atoms with Crippen LogP contribution in [0.15, 0.2) is 36.7 Å². The van der Waals surface area contributed by atoms with E-state index < -0.39 is 5.91 Å². The maximum Gasteiger partial charge on any atom is 0.257 e. The molecule has 1 aromatic heterocycles. The first-order valence-electron chi connectivity index (χ1n) is 7.93. The minimum absolute atomic E-state index is 0.254. The molecule has 0 saturated heterocycles. The number of aromatic nitrogens is 1. The van der Waals surface area contributed by atoms with Crippen molar-refractivity contribution in [3.63, 3.8) is 0 Å². The van der Waals surface area contributed by atoms with Crippen LogP contribution in [0.25, 0.3) is 0 Å². The summed E-state index contributed by atoms with van der Waals surface area (Å²) in [6.07, 6.45) is 4.71. The van der Waals surface area contributed by atoms with Crippen molar-refractivity contribution in [1.82, 2.24) is 10.3 Å². The molecule has 132 valence electrons. The average Bonchev–Trinajstić information content (AvgIpc) is 2.62. The van der Waals surface area contributed by atoms with Crippen LogP contribution in [0.5, 0.6) is 5.75 Å². The Morgan fingerprint density at radius 3 is 2.56 bits per heavy atom. The number of amides is 2. The third-order valence-electron chi connectivity index (χ3n) is 3.49. The number of carbonyl (C=O) groups excluding carboxylic acids is 2. The fraction of sp³-hybridized carbons (Fsp3) is 0.278. The van der Waals surface area contributed by atoms with Gasteiger partial charge in [-0.1, -0.05) is 24.9 Å². The lowest BCUT2D eigenvalue weighted by Crippen LogP contribution is -2.25. The van der Waals surface area contributed by atoms with Gasteiger partial charge in [-0.15, -0.1) is 0 Å². The smallest absolute Gasteiger partial charge is 0.257 e. The number of carbonyl (C=O) groups is 2. The van der Waals surface area contributed by atoms with Crippen molar-refractivity contribution in [3.05, 3.63) is 52.8 Å². The average molecular weight is 362 g/mol. The van der Waals surface area contributed by atoms with Gasteiger partial charge in [0.2, 0.25) is 0 Å². The van der Waals surface area contributed by atoms with Gasteiger partial charge in [-0.2, -0.15) is 0 Å². The number of anilines is 1. The molecule has 1 aromatic carbocycles. The van der Waals surface area contributed by atoms with Crippen LogP contribution in [0.3, 0.4) is 0 Å². The van der Waals surface area contributed by atoms with Crippen molar-refractivity contribution in [2.24, 2.45) is 0 Å². The van der Waals surface area contributed by atoms with E-state index in [0.717, 1.165) is 12.8 Å². The van der Waals surface area contributed by atoms with Gasteiger partial charge in [0.1, 0.15) is 5.75 Å². The zero-order valence-electron chi connectivity index (χ0n) is 14.1. The first kappa shape index (κ1) is 18.7. The molecule has 0 aliphatic carbocycles. The predicted octanol–water partition coefficient (Wildman–Crippen LogP) is 3.53. The number of hydrogen-bond acceptors (Lipinski definition) is 4. The summed E-state index contributed by atoms with van der Waals surface area (Å²) in [7, 11) is 1.50. The monoisotopic (exact) mass is 361 g/mol. The fourth-order valence-corrected chi connectivity index (χ4v) is 2.31. The standard InChI is InChI=1S/C18H20ClN3O3/c1-3-4-7-21-17(23)12-8-13(11-20-10-12)18(24)22-15-9-14(19)5-6-16(15)25-2/h5-6,8-11H,3-4,7H2,1-2H3,(H,21,23)(H,22,24).